The summed E-state index contributed by atoms with van der Waals surface area (Å²) >= 11 is 0. The van der Waals surface area contributed by atoms with Crippen LogP contribution in [0.25, 0.3) is 0 Å². The van der Waals surface area contributed by atoms with Gasteiger partial charge in [-0.05, 0) is 24.8 Å². The van der Waals surface area contributed by atoms with Crippen LogP contribution in [0, 0.1) is 0 Å². The van der Waals surface area contributed by atoms with Crippen molar-refractivity contribution in [2.45, 2.75) is 31.6 Å². The minimum Gasteiger partial charge on any atom is -0.481 e. The number of aromatic nitrogens is 4. The molecule has 2 aliphatic rings. The largest absolute Gasteiger partial charge is 0.481 e. The fourth-order valence-electron chi connectivity index (χ4n) is 3.18. The second-order valence-electron chi connectivity index (χ2n) is 6.08. The lowest BCUT2D eigenvalue weighted by Crippen LogP contribution is -2.27. The Hall–Kier alpha value is -2.31. The van der Waals surface area contributed by atoms with Crippen LogP contribution in [0.1, 0.15) is 35.7 Å². The highest BCUT2D eigenvalue weighted by atomic mass is 16.5. The van der Waals surface area contributed by atoms with Gasteiger partial charge in [0, 0.05) is 37.2 Å². The van der Waals surface area contributed by atoms with Crippen molar-refractivity contribution in [2.24, 2.45) is 0 Å². The molecular weight excluding hydrogens is 294 g/mol. The first kappa shape index (κ1) is 14.3. The second kappa shape index (κ2) is 5.72. The number of hydrogen-bond donors (Lipinski definition) is 1. The molecule has 23 heavy (non-hydrogen) atoms. The first-order chi connectivity index (χ1) is 11.3. The number of anilines is 1. The van der Waals surface area contributed by atoms with Crippen LogP contribution in [-0.4, -0.2) is 47.5 Å². The van der Waals surface area contributed by atoms with Gasteiger partial charge in [0.05, 0.1) is 19.9 Å². The number of methoxy groups -OCH3 is 2. The van der Waals surface area contributed by atoms with Crippen LogP contribution < -0.4 is 14.4 Å². The average Bonchev–Trinajstić information content (AvgIpc) is 3.39. The van der Waals surface area contributed by atoms with E-state index >= 15 is 0 Å². The Labute approximate surface area is 135 Å². The van der Waals surface area contributed by atoms with Crippen LogP contribution >= 0.6 is 0 Å². The Morgan fingerprint density at radius 1 is 1.13 bits per heavy atom. The summed E-state index contributed by atoms with van der Waals surface area (Å²) in [6.45, 7) is 1.80. The van der Waals surface area contributed by atoms with Crippen molar-refractivity contribution < 1.29 is 9.47 Å². The number of aromatic amines is 1. The van der Waals surface area contributed by atoms with E-state index in [1.54, 1.807) is 14.2 Å². The van der Waals surface area contributed by atoms with Gasteiger partial charge in [-0.15, -0.1) is 0 Å². The summed E-state index contributed by atoms with van der Waals surface area (Å²) in [7, 11) is 3.17. The average molecular weight is 315 g/mol. The molecule has 0 saturated heterocycles. The molecule has 2 aromatic heterocycles. The van der Waals surface area contributed by atoms with Crippen molar-refractivity contribution in [3.8, 4) is 11.9 Å². The number of ether oxygens (including phenoxy) is 2. The molecule has 3 heterocycles. The molecule has 1 saturated carbocycles. The molecule has 0 radical (unpaired) electrons. The van der Waals surface area contributed by atoms with Crippen molar-refractivity contribution in [3.63, 3.8) is 0 Å². The molecule has 0 atom stereocenters. The van der Waals surface area contributed by atoms with Gasteiger partial charge >= 0.3 is 6.01 Å². The summed E-state index contributed by atoms with van der Waals surface area (Å²) in [5.74, 6) is 2.05. The molecule has 1 fully saturated rings. The lowest BCUT2D eigenvalue weighted by molar-refractivity contribution is 0.352. The van der Waals surface area contributed by atoms with Gasteiger partial charge in [-0.2, -0.15) is 15.1 Å². The summed E-state index contributed by atoms with van der Waals surface area (Å²) in [5, 5.41) is 7.79. The van der Waals surface area contributed by atoms with Crippen molar-refractivity contribution in [3.05, 3.63) is 23.0 Å². The van der Waals surface area contributed by atoms with E-state index in [0.29, 0.717) is 17.8 Å². The summed E-state index contributed by atoms with van der Waals surface area (Å²) in [6, 6.07) is 2.20. The highest BCUT2D eigenvalue weighted by Gasteiger charge is 2.31. The van der Waals surface area contributed by atoms with Crippen LogP contribution in [0.5, 0.6) is 11.9 Å². The Bertz CT molecular complexity index is 688. The van der Waals surface area contributed by atoms with Crippen molar-refractivity contribution >= 4 is 5.82 Å². The third kappa shape index (κ3) is 2.71. The topological polar surface area (TPSA) is 76.2 Å². The van der Waals surface area contributed by atoms with Gasteiger partial charge in [0.15, 0.2) is 0 Å². The zero-order valence-electron chi connectivity index (χ0n) is 13.5. The number of rotatable bonds is 4. The third-order valence-corrected chi connectivity index (χ3v) is 4.60. The monoisotopic (exact) mass is 315 g/mol. The minimum atomic E-state index is 0.336. The van der Waals surface area contributed by atoms with Gasteiger partial charge in [-0.3, -0.25) is 5.10 Å². The number of nitrogens with zero attached hydrogens (tertiary/aromatic N) is 4. The van der Waals surface area contributed by atoms with Gasteiger partial charge in [0.25, 0.3) is 0 Å². The summed E-state index contributed by atoms with van der Waals surface area (Å²) < 4.78 is 10.4. The van der Waals surface area contributed by atoms with E-state index in [4.69, 9.17) is 9.47 Å². The van der Waals surface area contributed by atoms with Gasteiger partial charge in [-0.1, -0.05) is 0 Å². The molecule has 1 N–H and O–H groups in total. The Morgan fingerprint density at radius 2 is 1.96 bits per heavy atom. The van der Waals surface area contributed by atoms with E-state index in [0.717, 1.165) is 31.7 Å². The molecule has 2 aromatic rings. The minimum absolute atomic E-state index is 0.336. The highest BCUT2D eigenvalue weighted by Crippen LogP contribution is 2.41. The van der Waals surface area contributed by atoms with E-state index in [9.17, 15) is 0 Å². The number of nitrogens with one attached hydrogen (secondary N) is 1. The molecule has 7 nitrogen and oxygen atoms in total. The van der Waals surface area contributed by atoms with Crippen LogP contribution in [0.4, 0.5) is 5.82 Å². The first-order valence-electron chi connectivity index (χ1n) is 8.06. The SMILES string of the molecule is COc1cc(N2CCc3[nH]nc(C4CC4)c3CC2)nc(OC)n1. The van der Waals surface area contributed by atoms with E-state index in [1.165, 1.54) is 29.8 Å². The van der Waals surface area contributed by atoms with E-state index in [-0.39, 0.29) is 0 Å². The third-order valence-electron chi connectivity index (χ3n) is 4.60. The molecule has 0 bridgehead atoms. The van der Waals surface area contributed by atoms with E-state index < -0.39 is 0 Å². The molecule has 0 amide bonds. The van der Waals surface area contributed by atoms with Gasteiger partial charge < -0.3 is 14.4 Å². The summed E-state index contributed by atoms with van der Waals surface area (Å²) in [6.07, 6.45) is 4.50. The highest BCUT2D eigenvalue weighted by molar-refractivity contribution is 5.45. The molecule has 122 valence electrons. The van der Waals surface area contributed by atoms with Crippen molar-refractivity contribution in [2.75, 3.05) is 32.2 Å². The molecule has 0 aromatic carbocycles. The fraction of sp³-hybridized carbons (Fsp3) is 0.562. The van der Waals surface area contributed by atoms with Crippen LogP contribution in [0.3, 0.4) is 0 Å². The molecule has 0 unspecified atom stereocenters. The van der Waals surface area contributed by atoms with Gasteiger partial charge in [0.2, 0.25) is 5.88 Å². The van der Waals surface area contributed by atoms with E-state index in [2.05, 4.69) is 25.1 Å². The lowest BCUT2D eigenvalue weighted by atomic mass is 10.1. The zero-order chi connectivity index (χ0) is 15.8. The van der Waals surface area contributed by atoms with Crippen LogP contribution in [0.15, 0.2) is 6.07 Å². The molecule has 7 heteroatoms. The van der Waals surface area contributed by atoms with Crippen molar-refractivity contribution in [1.29, 1.82) is 0 Å². The smallest absolute Gasteiger partial charge is 0.321 e. The van der Waals surface area contributed by atoms with Crippen molar-refractivity contribution in [1.82, 2.24) is 20.2 Å². The summed E-state index contributed by atoms with van der Waals surface area (Å²) in [5.41, 5.74) is 3.99. The van der Waals surface area contributed by atoms with E-state index in [1.807, 2.05) is 6.07 Å². The summed E-state index contributed by atoms with van der Waals surface area (Å²) in [4.78, 5) is 10.9. The fourth-order valence-corrected chi connectivity index (χ4v) is 3.18. The zero-order valence-corrected chi connectivity index (χ0v) is 13.5. The lowest BCUT2D eigenvalue weighted by Gasteiger charge is -2.22. The van der Waals surface area contributed by atoms with Gasteiger partial charge in [0.1, 0.15) is 5.82 Å². The Kier molecular flexibility index (Phi) is 3.55. The normalized spacial score (nSPS) is 17.6. The molecular formula is C16H21N5O2. The molecule has 1 aliphatic carbocycles. The first-order valence-corrected chi connectivity index (χ1v) is 8.06. The second-order valence-corrected chi connectivity index (χ2v) is 6.08. The number of fused-ring (bicyclic) bond motifs is 1. The standard InChI is InChI=1S/C16H21N5O2/c1-22-14-9-13(17-16(18-14)23-2)21-7-5-11-12(6-8-21)19-20-15(11)10-3-4-10/h9-10H,3-8H2,1-2H3,(H,19,20). The maximum absolute atomic E-state index is 5.25. The molecule has 1 aliphatic heterocycles. The Balaban J connectivity index is 1.58. The maximum Gasteiger partial charge on any atom is 0.321 e. The van der Waals surface area contributed by atoms with Crippen LogP contribution in [-0.2, 0) is 12.8 Å². The Morgan fingerprint density at radius 3 is 2.70 bits per heavy atom. The van der Waals surface area contributed by atoms with Crippen LogP contribution in [0.2, 0.25) is 0 Å². The predicted octanol–water partition coefficient (Wildman–Crippen LogP) is 1.70. The maximum atomic E-state index is 5.25. The number of H-pyrrole nitrogens is 1. The molecule has 0 spiro atoms. The quantitative estimate of drug-likeness (QED) is 0.925. The molecule has 4 rings (SSSR count). The van der Waals surface area contributed by atoms with Gasteiger partial charge in [-0.25, -0.2) is 0 Å². The predicted molar refractivity (Wildman–Crippen MR) is 85.3 cm³/mol. The number of hydrogen-bond acceptors (Lipinski definition) is 6.